The van der Waals surface area contributed by atoms with Gasteiger partial charge < -0.3 is 10.3 Å². The van der Waals surface area contributed by atoms with Gasteiger partial charge in [-0.15, -0.1) is 0 Å². The quantitative estimate of drug-likeness (QED) is 0.884. The van der Waals surface area contributed by atoms with Crippen molar-refractivity contribution in [1.29, 1.82) is 0 Å². The molecule has 0 amide bonds. The van der Waals surface area contributed by atoms with Crippen LogP contribution in [0.1, 0.15) is 11.3 Å². The summed E-state index contributed by atoms with van der Waals surface area (Å²) in [6.45, 7) is 1.56. The fraction of sp³-hybridized carbons (Fsp3) is 0.308. The number of aromatic nitrogens is 2. The van der Waals surface area contributed by atoms with E-state index < -0.39 is 0 Å². The standard InChI is InChI=1S/C13H16ClN3/c14-12-3-1-2-11(8-12)5-7-17-9-13(4-6-15)16-10-17/h1-3,8-10H,4-7,15H2. The lowest BCUT2D eigenvalue weighted by molar-refractivity contribution is 0.695. The lowest BCUT2D eigenvalue weighted by atomic mass is 10.1. The molecule has 1 aromatic carbocycles. The molecule has 3 nitrogen and oxygen atoms in total. The second-order valence-corrected chi connectivity index (χ2v) is 4.46. The molecule has 0 aliphatic carbocycles. The minimum absolute atomic E-state index is 0.644. The molecule has 17 heavy (non-hydrogen) atoms. The van der Waals surface area contributed by atoms with Crippen LogP contribution < -0.4 is 5.73 Å². The minimum Gasteiger partial charge on any atom is -0.337 e. The van der Waals surface area contributed by atoms with Gasteiger partial charge in [0, 0.05) is 24.2 Å². The molecule has 2 N–H and O–H groups in total. The van der Waals surface area contributed by atoms with Gasteiger partial charge in [-0.05, 0) is 30.7 Å². The molecule has 0 radical (unpaired) electrons. The topological polar surface area (TPSA) is 43.8 Å². The molecule has 0 atom stereocenters. The second kappa shape index (κ2) is 5.84. The minimum atomic E-state index is 0.644. The molecule has 90 valence electrons. The number of benzene rings is 1. The van der Waals surface area contributed by atoms with E-state index in [9.17, 15) is 0 Å². The Bertz CT molecular complexity index is 479. The third kappa shape index (κ3) is 3.58. The second-order valence-electron chi connectivity index (χ2n) is 4.02. The molecule has 4 heteroatoms. The van der Waals surface area contributed by atoms with Crippen LogP contribution in [0.25, 0.3) is 0 Å². The Morgan fingerprint density at radius 2 is 2.18 bits per heavy atom. The summed E-state index contributed by atoms with van der Waals surface area (Å²) in [6, 6.07) is 7.95. The number of aryl methyl sites for hydroxylation is 2. The van der Waals surface area contributed by atoms with Crippen LogP contribution in [0, 0.1) is 0 Å². The van der Waals surface area contributed by atoms with Crippen LogP contribution in [0.15, 0.2) is 36.8 Å². The summed E-state index contributed by atoms with van der Waals surface area (Å²) in [5.74, 6) is 0. The molecule has 0 fully saturated rings. The van der Waals surface area contributed by atoms with Crippen molar-refractivity contribution in [3.8, 4) is 0 Å². The van der Waals surface area contributed by atoms with Gasteiger partial charge in [0.25, 0.3) is 0 Å². The van der Waals surface area contributed by atoms with Crippen molar-refractivity contribution in [3.05, 3.63) is 53.1 Å². The first-order chi connectivity index (χ1) is 8.28. The first kappa shape index (κ1) is 12.1. The number of hydrogen-bond acceptors (Lipinski definition) is 2. The summed E-state index contributed by atoms with van der Waals surface area (Å²) < 4.78 is 2.09. The van der Waals surface area contributed by atoms with Crippen LogP contribution in [-0.4, -0.2) is 16.1 Å². The van der Waals surface area contributed by atoms with Gasteiger partial charge in [0.05, 0.1) is 12.0 Å². The predicted molar refractivity (Wildman–Crippen MR) is 70.1 cm³/mol. The molecule has 1 heterocycles. The van der Waals surface area contributed by atoms with Crippen molar-refractivity contribution in [2.75, 3.05) is 6.54 Å². The van der Waals surface area contributed by atoms with Gasteiger partial charge >= 0.3 is 0 Å². The van der Waals surface area contributed by atoms with Crippen molar-refractivity contribution in [1.82, 2.24) is 9.55 Å². The van der Waals surface area contributed by atoms with Crippen molar-refractivity contribution >= 4 is 11.6 Å². The van der Waals surface area contributed by atoms with Crippen molar-refractivity contribution in [3.63, 3.8) is 0 Å². The van der Waals surface area contributed by atoms with E-state index in [0.29, 0.717) is 6.54 Å². The molecule has 0 aliphatic heterocycles. The molecular weight excluding hydrogens is 234 g/mol. The van der Waals surface area contributed by atoms with Crippen LogP contribution in [0.2, 0.25) is 5.02 Å². The molecule has 0 spiro atoms. The Labute approximate surface area is 106 Å². The van der Waals surface area contributed by atoms with Crippen LogP contribution >= 0.6 is 11.6 Å². The summed E-state index contributed by atoms with van der Waals surface area (Å²) in [4.78, 5) is 4.29. The largest absolute Gasteiger partial charge is 0.337 e. The summed E-state index contributed by atoms with van der Waals surface area (Å²) in [5.41, 5.74) is 7.78. The van der Waals surface area contributed by atoms with E-state index in [1.807, 2.05) is 24.5 Å². The Morgan fingerprint density at radius 1 is 1.29 bits per heavy atom. The lowest BCUT2D eigenvalue weighted by Crippen LogP contribution is -2.03. The van der Waals surface area contributed by atoms with Gasteiger partial charge in [0.15, 0.2) is 0 Å². The maximum absolute atomic E-state index is 5.94. The van der Waals surface area contributed by atoms with Crippen LogP contribution in [-0.2, 0) is 19.4 Å². The van der Waals surface area contributed by atoms with E-state index >= 15 is 0 Å². The monoisotopic (exact) mass is 249 g/mol. The molecule has 0 saturated heterocycles. The highest BCUT2D eigenvalue weighted by atomic mass is 35.5. The fourth-order valence-corrected chi connectivity index (χ4v) is 1.97. The van der Waals surface area contributed by atoms with Crippen LogP contribution in [0.5, 0.6) is 0 Å². The molecule has 2 aromatic rings. The van der Waals surface area contributed by atoms with Crippen LogP contribution in [0.3, 0.4) is 0 Å². The summed E-state index contributed by atoms with van der Waals surface area (Å²) in [7, 11) is 0. The third-order valence-corrected chi connectivity index (χ3v) is 2.87. The molecule has 2 rings (SSSR count). The number of hydrogen-bond donors (Lipinski definition) is 1. The Balaban J connectivity index is 1.93. The lowest BCUT2D eigenvalue weighted by Gasteiger charge is -2.03. The maximum Gasteiger partial charge on any atom is 0.0949 e. The summed E-state index contributed by atoms with van der Waals surface area (Å²) >= 11 is 5.94. The SMILES string of the molecule is NCCc1cn(CCc2cccc(Cl)c2)cn1. The highest BCUT2D eigenvalue weighted by Crippen LogP contribution is 2.11. The van der Waals surface area contributed by atoms with Crippen molar-refractivity contribution in [2.24, 2.45) is 5.73 Å². The molecule has 1 aromatic heterocycles. The number of nitrogens with zero attached hydrogens (tertiary/aromatic N) is 2. The fourth-order valence-electron chi connectivity index (χ4n) is 1.76. The van der Waals surface area contributed by atoms with Crippen molar-refractivity contribution < 1.29 is 0 Å². The highest BCUT2D eigenvalue weighted by molar-refractivity contribution is 6.30. The average molecular weight is 250 g/mol. The summed E-state index contributed by atoms with van der Waals surface area (Å²) in [5, 5.41) is 0.789. The zero-order valence-corrected chi connectivity index (χ0v) is 10.4. The number of imidazole rings is 1. The number of nitrogens with two attached hydrogens (primary N) is 1. The zero-order valence-electron chi connectivity index (χ0n) is 9.64. The van der Waals surface area contributed by atoms with Gasteiger partial charge in [-0.1, -0.05) is 23.7 Å². The first-order valence-electron chi connectivity index (χ1n) is 5.73. The summed E-state index contributed by atoms with van der Waals surface area (Å²) in [6.07, 6.45) is 5.70. The molecule has 0 unspecified atom stereocenters. The zero-order chi connectivity index (χ0) is 12.1. The van der Waals surface area contributed by atoms with E-state index in [1.165, 1.54) is 5.56 Å². The van der Waals surface area contributed by atoms with Gasteiger partial charge in [-0.3, -0.25) is 0 Å². The van der Waals surface area contributed by atoms with E-state index in [-0.39, 0.29) is 0 Å². The third-order valence-electron chi connectivity index (χ3n) is 2.63. The number of halogens is 1. The average Bonchev–Trinajstić information content (AvgIpc) is 2.75. The van der Waals surface area contributed by atoms with Crippen molar-refractivity contribution in [2.45, 2.75) is 19.4 Å². The van der Waals surface area contributed by atoms with Gasteiger partial charge in [0.2, 0.25) is 0 Å². The highest BCUT2D eigenvalue weighted by Gasteiger charge is 1.99. The predicted octanol–water partition coefficient (Wildman–Crippen LogP) is 2.28. The van der Waals surface area contributed by atoms with E-state index in [1.54, 1.807) is 0 Å². The first-order valence-corrected chi connectivity index (χ1v) is 6.11. The number of rotatable bonds is 5. The molecule has 0 aliphatic rings. The van der Waals surface area contributed by atoms with E-state index in [2.05, 4.69) is 21.8 Å². The Morgan fingerprint density at radius 3 is 2.94 bits per heavy atom. The molecule has 0 saturated carbocycles. The Hall–Kier alpha value is -1.32. The maximum atomic E-state index is 5.94. The molecular formula is C13H16ClN3. The normalized spacial score (nSPS) is 10.7. The van der Waals surface area contributed by atoms with Gasteiger partial charge in [0.1, 0.15) is 0 Å². The molecule has 0 bridgehead atoms. The van der Waals surface area contributed by atoms with Gasteiger partial charge in [-0.25, -0.2) is 4.98 Å². The smallest absolute Gasteiger partial charge is 0.0949 e. The van der Waals surface area contributed by atoms with E-state index in [0.717, 1.165) is 30.1 Å². The van der Waals surface area contributed by atoms with E-state index in [4.69, 9.17) is 17.3 Å². The van der Waals surface area contributed by atoms with Gasteiger partial charge in [-0.2, -0.15) is 0 Å². The Kier molecular flexibility index (Phi) is 4.18. The van der Waals surface area contributed by atoms with Crippen LogP contribution in [0.4, 0.5) is 0 Å².